The highest BCUT2D eigenvalue weighted by Crippen LogP contribution is 2.27. The maximum Gasteiger partial charge on any atom is 0.251 e. The first-order valence-corrected chi connectivity index (χ1v) is 7.36. The van der Waals surface area contributed by atoms with Gasteiger partial charge in [0.15, 0.2) is 0 Å². The van der Waals surface area contributed by atoms with E-state index in [0.717, 1.165) is 29.5 Å². The second-order valence-electron chi connectivity index (χ2n) is 5.03. The molecule has 2 aromatic rings. The Kier molecular flexibility index (Phi) is 4.99. The highest BCUT2D eigenvalue weighted by atomic mass is 16.3. The number of carbonyl (C=O) groups is 1. The molecule has 3 heteroatoms. The van der Waals surface area contributed by atoms with Crippen molar-refractivity contribution in [3.8, 4) is 16.9 Å². The molecule has 0 atom stereocenters. The van der Waals surface area contributed by atoms with Gasteiger partial charge in [-0.15, -0.1) is 0 Å². The maximum atomic E-state index is 11.9. The number of phenolic OH excluding ortho intramolecular Hbond substituents is 1. The molecular formula is C18H21NO2. The third-order valence-corrected chi connectivity index (χ3v) is 3.46. The Balaban J connectivity index is 2.25. The van der Waals surface area contributed by atoms with Gasteiger partial charge in [0, 0.05) is 12.1 Å². The first-order valence-electron chi connectivity index (χ1n) is 7.36. The molecule has 0 aliphatic carbocycles. The Morgan fingerprint density at radius 1 is 1.10 bits per heavy atom. The van der Waals surface area contributed by atoms with Crippen molar-refractivity contribution in [1.29, 1.82) is 0 Å². The average molecular weight is 283 g/mol. The number of amides is 1. The minimum absolute atomic E-state index is 0.0372. The first-order chi connectivity index (χ1) is 10.2. The lowest BCUT2D eigenvalue weighted by Gasteiger charge is -2.10. The maximum absolute atomic E-state index is 11.9. The standard InChI is InChI=1S/C18H21NO2/c1-3-11-19-18(21)15-7-5-14(6-8-15)17-10-9-16(20)12-13(17)4-2/h5-10,12,20H,3-4,11H2,1-2H3,(H,19,21). The van der Waals surface area contributed by atoms with Crippen molar-refractivity contribution in [2.75, 3.05) is 6.54 Å². The van der Waals surface area contributed by atoms with Crippen LogP contribution in [0.2, 0.25) is 0 Å². The Labute approximate surface area is 125 Å². The van der Waals surface area contributed by atoms with Crippen LogP contribution < -0.4 is 5.32 Å². The Morgan fingerprint density at radius 2 is 1.81 bits per heavy atom. The molecule has 0 saturated heterocycles. The average Bonchev–Trinajstić information content (AvgIpc) is 2.52. The molecule has 0 heterocycles. The smallest absolute Gasteiger partial charge is 0.251 e. The summed E-state index contributed by atoms with van der Waals surface area (Å²) in [5.41, 5.74) is 3.91. The van der Waals surface area contributed by atoms with Gasteiger partial charge in [0.05, 0.1) is 0 Å². The van der Waals surface area contributed by atoms with Crippen LogP contribution >= 0.6 is 0 Å². The Bertz CT molecular complexity index is 618. The Morgan fingerprint density at radius 3 is 2.43 bits per heavy atom. The molecule has 0 radical (unpaired) electrons. The number of aromatic hydroxyl groups is 1. The fourth-order valence-electron chi connectivity index (χ4n) is 2.30. The zero-order chi connectivity index (χ0) is 15.2. The molecule has 0 fully saturated rings. The zero-order valence-electron chi connectivity index (χ0n) is 12.5. The number of benzene rings is 2. The molecule has 0 aromatic heterocycles. The molecule has 1 amide bonds. The monoisotopic (exact) mass is 283 g/mol. The van der Waals surface area contributed by atoms with Gasteiger partial charge in [-0.3, -0.25) is 4.79 Å². The van der Waals surface area contributed by atoms with Crippen molar-refractivity contribution in [2.24, 2.45) is 0 Å². The van der Waals surface area contributed by atoms with E-state index in [1.165, 1.54) is 0 Å². The van der Waals surface area contributed by atoms with Crippen LogP contribution in [-0.4, -0.2) is 17.6 Å². The van der Waals surface area contributed by atoms with Gasteiger partial charge in [0.2, 0.25) is 0 Å². The van der Waals surface area contributed by atoms with E-state index in [2.05, 4.69) is 12.2 Å². The van der Waals surface area contributed by atoms with Gasteiger partial charge in [0.25, 0.3) is 5.91 Å². The van der Waals surface area contributed by atoms with Crippen LogP contribution in [0.25, 0.3) is 11.1 Å². The molecule has 0 aliphatic heterocycles. The SMILES string of the molecule is CCCNC(=O)c1ccc(-c2ccc(O)cc2CC)cc1. The summed E-state index contributed by atoms with van der Waals surface area (Å²) in [6.07, 6.45) is 1.78. The molecule has 0 spiro atoms. The molecule has 110 valence electrons. The minimum Gasteiger partial charge on any atom is -0.508 e. The van der Waals surface area contributed by atoms with E-state index in [1.54, 1.807) is 12.1 Å². The molecule has 3 nitrogen and oxygen atoms in total. The van der Waals surface area contributed by atoms with Gasteiger partial charge in [-0.05, 0) is 53.8 Å². The topological polar surface area (TPSA) is 49.3 Å². The summed E-state index contributed by atoms with van der Waals surface area (Å²) in [5, 5.41) is 12.4. The lowest BCUT2D eigenvalue weighted by Crippen LogP contribution is -2.23. The largest absolute Gasteiger partial charge is 0.508 e. The molecular weight excluding hydrogens is 262 g/mol. The van der Waals surface area contributed by atoms with E-state index < -0.39 is 0 Å². The lowest BCUT2D eigenvalue weighted by atomic mass is 9.97. The normalized spacial score (nSPS) is 10.4. The fraction of sp³-hybridized carbons (Fsp3) is 0.278. The second-order valence-corrected chi connectivity index (χ2v) is 5.03. The molecule has 0 bridgehead atoms. The number of carbonyl (C=O) groups excluding carboxylic acids is 1. The van der Waals surface area contributed by atoms with E-state index in [0.29, 0.717) is 12.1 Å². The third kappa shape index (κ3) is 3.63. The first kappa shape index (κ1) is 15.1. The summed E-state index contributed by atoms with van der Waals surface area (Å²) in [6, 6.07) is 13.0. The van der Waals surface area contributed by atoms with Gasteiger partial charge in [-0.25, -0.2) is 0 Å². The van der Waals surface area contributed by atoms with E-state index in [9.17, 15) is 9.90 Å². The molecule has 0 aliphatic rings. The van der Waals surface area contributed by atoms with Crippen molar-refractivity contribution in [1.82, 2.24) is 5.32 Å². The van der Waals surface area contributed by atoms with Crippen molar-refractivity contribution >= 4 is 5.91 Å². The molecule has 2 aromatic carbocycles. The quantitative estimate of drug-likeness (QED) is 0.877. The summed E-state index contributed by atoms with van der Waals surface area (Å²) in [5.74, 6) is 0.246. The summed E-state index contributed by atoms with van der Waals surface area (Å²) < 4.78 is 0. The summed E-state index contributed by atoms with van der Waals surface area (Å²) in [6.45, 7) is 4.78. The molecule has 0 unspecified atom stereocenters. The number of hydrogen-bond acceptors (Lipinski definition) is 2. The molecule has 2 rings (SSSR count). The third-order valence-electron chi connectivity index (χ3n) is 3.46. The second kappa shape index (κ2) is 6.93. The minimum atomic E-state index is -0.0372. The van der Waals surface area contributed by atoms with Crippen LogP contribution in [0.1, 0.15) is 36.2 Å². The zero-order valence-corrected chi connectivity index (χ0v) is 12.5. The van der Waals surface area contributed by atoms with Crippen LogP contribution in [0.3, 0.4) is 0 Å². The predicted molar refractivity (Wildman–Crippen MR) is 85.5 cm³/mol. The number of rotatable bonds is 5. The van der Waals surface area contributed by atoms with Crippen LogP contribution in [0.5, 0.6) is 5.75 Å². The molecule has 0 saturated carbocycles. The van der Waals surface area contributed by atoms with Crippen molar-refractivity contribution in [3.05, 3.63) is 53.6 Å². The summed E-state index contributed by atoms with van der Waals surface area (Å²) in [4.78, 5) is 11.9. The van der Waals surface area contributed by atoms with Crippen LogP contribution in [0.15, 0.2) is 42.5 Å². The molecule has 21 heavy (non-hydrogen) atoms. The van der Waals surface area contributed by atoms with Crippen molar-refractivity contribution in [3.63, 3.8) is 0 Å². The highest BCUT2D eigenvalue weighted by molar-refractivity contribution is 5.94. The Hall–Kier alpha value is -2.29. The number of nitrogens with one attached hydrogen (secondary N) is 1. The lowest BCUT2D eigenvalue weighted by molar-refractivity contribution is 0.0953. The van der Waals surface area contributed by atoms with Crippen LogP contribution in [-0.2, 0) is 6.42 Å². The summed E-state index contributed by atoms with van der Waals surface area (Å²) in [7, 11) is 0. The van der Waals surface area contributed by atoms with Crippen molar-refractivity contribution in [2.45, 2.75) is 26.7 Å². The van der Waals surface area contributed by atoms with Gasteiger partial charge < -0.3 is 10.4 Å². The van der Waals surface area contributed by atoms with Gasteiger partial charge in [-0.1, -0.05) is 32.0 Å². The van der Waals surface area contributed by atoms with Gasteiger partial charge in [-0.2, -0.15) is 0 Å². The fourth-order valence-corrected chi connectivity index (χ4v) is 2.30. The van der Waals surface area contributed by atoms with Gasteiger partial charge in [0.1, 0.15) is 5.75 Å². The van der Waals surface area contributed by atoms with E-state index in [4.69, 9.17) is 0 Å². The van der Waals surface area contributed by atoms with Crippen molar-refractivity contribution < 1.29 is 9.90 Å². The molecule has 2 N–H and O–H groups in total. The predicted octanol–water partition coefficient (Wildman–Crippen LogP) is 3.76. The number of phenols is 1. The van der Waals surface area contributed by atoms with Crippen LogP contribution in [0, 0.1) is 0 Å². The highest BCUT2D eigenvalue weighted by Gasteiger charge is 2.07. The van der Waals surface area contributed by atoms with E-state index in [-0.39, 0.29) is 11.7 Å². The van der Waals surface area contributed by atoms with Crippen LogP contribution in [0.4, 0.5) is 0 Å². The van der Waals surface area contributed by atoms with Gasteiger partial charge >= 0.3 is 0 Å². The summed E-state index contributed by atoms with van der Waals surface area (Å²) >= 11 is 0. The number of aryl methyl sites for hydroxylation is 1. The number of hydrogen-bond donors (Lipinski definition) is 2. The van der Waals surface area contributed by atoms with E-state index >= 15 is 0 Å². The van der Waals surface area contributed by atoms with E-state index in [1.807, 2.05) is 37.3 Å².